The van der Waals surface area contributed by atoms with E-state index in [1.54, 1.807) is 0 Å². The number of H-pyrrole nitrogens is 1. The van der Waals surface area contributed by atoms with Crippen molar-refractivity contribution in [1.29, 1.82) is 0 Å². The van der Waals surface area contributed by atoms with Gasteiger partial charge in [0.05, 0.1) is 0 Å². The molecule has 0 aliphatic rings. The van der Waals surface area contributed by atoms with Gasteiger partial charge in [-0.2, -0.15) is 0 Å². The molecule has 5 heteroatoms. The lowest BCUT2D eigenvalue weighted by Crippen LogP contribution is -2.26. The van der Waals surface area contributed by atoms with Crippen LogP contribution in [0.25, 0.3) is 10.9 Å². The third-order valence-electron chi connectivity index (χ3n) is 2.57. The van der Waals surface area contributed by atoms with Crippen LogP contribution >= 0.6 is 23.2 Å². The van der Waals surface area contributed by atoms with E-state index in [0.717, 1.165) is 22.9 Å². The van der Waals surface area contributed by atoms with E-state index >= 15 is 0 Å². The van der Waals surface area contributed by atoms with Crippen molar-refractivity contribution in [1.82, 2.24) is 10.3 Å². The Morgan fingerprint density at radius 1 is 1.41 bits per heavy atom. The number of fused-ring (bicyclic) bond motifs is 1. The van der Waals surface area contributed by atoms with E-state index in [1.165, 1.54) is 0 Å². The Morgan fingerprint density at radius 2 is 2.24 bits per heavy atom. The van der Waals surface area contributed by atoms with Crippen molar-refractivity contribution in [3.63, 3.8) is 0 Å². The van der Waals surface area contributed by atoms with E-state index in [4.69, 9.17) is 23.2 Å². The largest absolute Gasteiger partial charge is 0.361 e. The number of aromatic amines is 1. The second-order valence-electron chi connectivity index (χ2n) is 3.74. The highest BCUT2D eigenvalue weighted by molar-refractivity contribution is 6.31. The molecule has 0 fully saturated rings. The molecule has 0 unspecified atom stereocenters. The van der Waals surface area contributed by atoms with Crippen LogP contribution in [0.4, 0.5) is 0 Å². The van der Waals surface area contributed by atoms with Crippen LogP contribution in [0.2, 0.25) is 5.02 Å². The van der Waals surface area contributed by atoms with Crippen LogP contribution in [0.3, 0.4) is 0 Å². The fraction of sp³-hybridized carbons (Fsp3) is 0.250. The minimum Gasteiger partial charge on any atom is -0.361 e. The van der Waals surface area contributed by atoms with Crippen LogP contribution < -0.4 is 5.32 Å². The van der Waals surface area contributed by atoms with Crippen LogP contribution in [-0.4, -0.2) is 23.3 Å². The first-order chi connectivity index (χ1) is 8.20. The van der Waals surface area contributed by atoms with Crippen molar-refractivity contribution in [2.24, 2.45) is 0 Å². The molecule has 1 heterocycles. The smallest absolute Gasteiger partial charge is 0.234 e. The molecule has 0 aliphatic heterocycles. The number of carbonyl (C=O) groups is 1. The summed E-state index contributed by atoms with van der Waals surface area (Å²) in [6.07, 6.45) is 2.69. The Morgan fingerprint density at radius 3 is 3.00 bits per heavy atom. The molecule has 0 aliphatic carbocycles. The van der Waals surface area contributed by atoms with Gasteiger partial charge >= 0.3 is 0 Å². The monoisotopic (exact) mass is 270 g/mol. The van der Waals surface area contributed by atoms with Crippen LogP contribution in [0.5, 0.6) is 0 Å². The van der Waals surface area contributed by atoms with Crippen molar-refractivity contribution in [3.8, 4) is 0 Å². The standard InChI is InChI=1S/C12H12Cl2N2O/c13-6-12(17)15-4-3-8-7-16-11-2-1-9(14)5-10(8)11/h1-2,5,7,16H,3-4,6H2,(H,15,17). The molecule has 0 radical (unpaired) electrons. The number of aromatic nitrogens is 1. The lowest BCUT2D eigenvalue weighted by atomic mass is 10.1. The molecule has 17 heavy (non-hydrogen) atoms. The number of benzene rings is 1. The molecule has 0 atom stereocenters. The van der Waals surface area contributed by atoms with Gasteiger partial charge in [0.2, 0.25) is 5.91 Å². The van der Waals surface area contributed by atoms with E-state index in [9.17, 15) is 4.79 Å². The van der Waals surface area contributed by atoms with Gasteiger partial charge in [0, 0.05) is 28.7 Å². The molecule has 0 saturated heterocycles. The van der Waals surface area contributed by atoms with Gasteiger partial charge in [-0.25, -0.2) is 0 Å². The first-order valence-electron chi connectivity index (χ1n) is 5.29. The second kappa shape index (κ2) is 5.43. The van der Waals surface area contributed by atoms with Crippen LogP contribution in [0.15, 0.2) is 24.4 Å². The molecule has 1 amide bonds. The van der Waals surface area contributed by atoms with Gasteiger partial charge in [-0.05, 0) is 30.2 Å². The maximum Gasteiger partial charge on any atom is 0.234 e. The van der Waals surface area contributed by atoms with Gasteiger partial charge in [0.1, 0.15) is 5.88 Å². The number of rotatable bonds is 4. The summed E-state index contributed by atoms with van der Waals surface area (Å²) in [7, 11) is 0. The summed E-state index contributed by atoms with van der Waals surface area (Å²) < 4.78 is 0. The predicted octanol–water partition coefficient (Wildman–Crippen LogP) is 2.72. The van der Waals surface area contributed by atoms with E-state index in [2.05, 4.69) is 10.3 Å². The zero-order valence-corrected chi connectivity index (χ0v) is 10.6. The van der Waals surface area contributed by atoms with Gasteiger partial charge in [-0.1, -0.05) is 11.6 Å². The molecule has 1 aromatic carbocycles. The summed E-state index contributed by atoms with van der Waals surface area (Å²) in [5.41, 5.74) is 2.19. The van der Waals surface area contributed by atoms with Crippen molar-refractivity contribution in [2.75, 3.05) is 12.4 Å². The number of hydrogen-bond donors (Lipinski definition) is 2. The van der Waals surface area contributed by atoms with Gasteiger partial charge in [-0.3, -0.25) is 4.79 Å². The zero-order valence-electron chi connectivity index (χ0n) is 9.09. The number of alkyl halides is 1. The Labute approximate surface area is 109 Å². The first kappa shape index (κ1) is 12.3. The van der Waals surface area contributed by atoms with E-state index in [1.807, 2.05) is 24.4 Å². The van der Waals surface area contributed by atoms with Gasteiger partial charge in [-0.15, -0.1) is 11.6 Å². The first-order valence-corrected chi connectivity index (χ1v) is 6.20. The lowest BCUT2D eigenvalue weighted by Gasteiger charge is -2.02. The normalized spacial score (nSPS) is 10.7. The van der Waals surface area contributed by atoms with E-state index in [-0.39, 0.29) is 11.8 Å². The third kappa shape index (κ3) is 2.93. The van der Waals surface area contributed by atoms with Gasteiger partial charge < -0.3 is 10.3 Å². The molecule has 90 valence electrons. The maximum absolute atomic E-state index is 11.0. The lowest BCUT2D eigenvalue weighted by molar-refractivity contribution is -0.118. The highest BCUT2D eigenvalue weighted by Gasteiger charge is 2.05. The number of hydrogen-bond acceptors (Lipinski definition) is 1. The average Bonchev–Trinajstić information content (AvgIpc) is 2.72. The second-order valence-corrected chi connectivity index (χ2v) is 4.44. The number of nitrogens with one attached hydrogen (secondary N) is 2. The van der Waals surface area contributed by atoms with Crippen molar-refractivity contribution in [2.45, 2.75) is 6.42 Å². The quantitative estimate of drug-likeness (QED) is 0.825. The Hall–Kier alpha value is -1.19. The Kier molecular flexibility index (Phi) is 3.92. The number of amides is 1. The third-order valence-corrected chi connectivity index (χ3v) is 3.05. The summed E-state index contributed by atoms with van der Waals surface area (Å²) in [4.78, 5) is 14.2. The van der Waals surface area contributed by atoms with Crippen molar-refractivity contribution < 1.29 is 4.79 Å². The summed E-state index contributed by atoms with van der Waals surface area (Å²) in [6, 6.07) is 5.71. The molecule has 2 aromatic rings. The molecule has 2 N–H and O–H groups in total. The molecule has 3 nitrogen and oxygen atoms in total. The topological polar surface area (TPSA) is 44.9 Å². The molecular formula is C12H12Cl2N2O. The molecule has 0 saturated carbocycles. The summed E-state index contributed by atoms with van der Waals surface area (Å²) in [6.45, 7) is 0.574. The Balaban J connectivity index is 2.08. The molecule has 0 bridgehead atoms. The average molecular weight is 271 g/mol. The predicted molar refractivity (Wildman–Crippen MR) is 70.7 cm³/mol. The minimum atomic E-state index is -0.149. The fourth-order valence-corrected chi connectivity index (χ4v) is 2.01. The minimum absolute atomic E-state index is 0.000285. The van der Waals surface area contributed by atoms with Crippen molar-refractivity contribution >= 4 is 40.0 Å². The summed E-state index contributed by atoms with van der Waals surface area (Å²) in [5.74, 6) is -0.149. The van der Waals surface area contributed by atoms with Gasteiger partial charge in [0.15, 0.2) is 0 Å². The highest BCUT2D eigenvalue weighted by atomic mass is 35.5. The fourth-order valence-electron chi connectivity index (χ4n) is 1.74. The zero-order chi connectivity index (χ0) is 12.3. The van der Waals surface area contributed by atoms with Crippen LogP contribution in [0, 0.1) is 0 Å². The summed E-state index contributed by atoms with van der Waals surface area (Å²) in [5, 5.41) is 4.54. The molecular weight excluding hydrogens is 259 g/mol. The highest BCUT2D eigenvalue weighted by Crippen LogP contribution is 2.22. The Bertz CT molecular complexity index is 536. The summed E-state index contributed by atoms with van der Waals surface area (Å²) >= 11 is 11.3. The molecule has 1 aromatic heterocycles. The molecule has 0 spiro atoms. The van der Waals surface area contributed by atoms with Crippen molar-refractivity contribution in [3.05, 3.63) is 35.0 Å². The van der Waals surface area contributed by atoms with E-state index < -0.39 is 0 Å². The van der Waals surface area contributed by atoms with Crippen LogP contribution in [0.1, 0.15) is 5.56 Å². The van der Waals surface area contributed by atoms with Gasteiger partial charge in [0.25, 0.3) is 0 Å². The SMILES string of the molecule is O=C(CCl)NCCc1c[nH]c2ccc(Cl)cc12. The van der Waals surface area contributed by atoms with E-state index in [0.29, 0.717) is 11.6 Å². The van der Waals surface area contributed by atoms with Crippen LogP contribution in [-0.2, 0) is 11.2 Å². The maximum atomic E-state index is 11.0. The number of halogens is 2. The number of carbonyl (C=O) groups excluding carboxylic acids is 1. The molecule has 2 rings (SSSR count).